The zero-order chi connectivity index (χ0) is 16.3. The van der Waals surface area contributed by atoms with Crippen molar-refractivity contribution >= 4 is 5.91 Å². The molecule has 2 rings (SSSR count). The van der Waals surface area contributed by atoms with Crippen molar-refractivity contribution in [2.24, 2.45) is 7.05 Å². The van der Waals surface area contributed by atoms with Crippen molar-refractivity contribution in [1.29, 1.82) is 0 Å². The summed E-state index contributed by atoms with van der Waals surface area (Å²) in [7, 11) is 1.71. The van der Waals surface area contributed by atoms with E-state index in [2.05, 4.69) is 10.4 Å². The molecule has 6 nitrogen and oxygen atoms in total. The summed E-state index contributed by atoms with van der Waals surface area (Å²) in [6.45, 7) is 0.392. The lowest BCUT2D eigenvalue weighted by Crippen LogP contribution is -2.48. The second kappa shape index (κ2) is 6.66. The summed E-state index contributed by atoms with van der Waals surface area (Å²) >= 11 is 0. The highest BCUT2D eigenvalue weighted by Gasteiger charge is 2.39. The summed E-state index contributed by atoms with van der Waals surface area (Å²) in [6, 6.07) is -0.0769. The second-order valence-corrected chi connectivity index (χ2v) is 5.51. The molecule has 1 atom stereocenters. The van der Waals surface area contributed by atoms with Gasteiger partial charge in [-0.3, -0.25) is 9.48 Å². The fourth-order valence-electron chi connectivity index (χ4n) is 2.42. The highest BCUT2D eigenvalue weighted by atomic mass is 19.4. The number of nitrogens with zero attached hydrogens (tertiary/aromatic N) is 3. The van der Waals surface area contributed by atoms with Gasteiger partial charge in [-0.15, -0.1) is 0 Å². The minimum absolute atomic E-state index is 0.0769. The normalized spacial score (nSPS) is 19.1. The third kappa shape index (κ3) is 4.44. The topological polar surface area (TPSA) is 70.4 Å². The molecule has 0 radical (unpaired) electrons. The monoisotopic (exact) mass is 320 g/mol. The molecule has 0 aromatic carbocycles. The molecule has 1 fully saturated rings. The first-order chi connectivity index (χ1) is 10.3. The molecule has 2 heterocycles. The van der Waals surface area contributed by atoms with Crippen molar-refractivity contribution in [2.45, 2.75) is 31.2 Å². The molecule has 1 aliphatic heterocycles. The van der Waals surface area contributed by atoms with Crippen LogP contribution in [0.5, 0.6) is 0 Å². The van der Waals surface area contributed by atoms with E-state index >= 15 is 0 Å². The summed E-state index contributed by atoms with van der Waals surface area (Å²) < 4.78 is 38.4. The Morgan fingerprint density at radius 3 is 2.64 bits per heavy atom. The number of β-amino-alcohol motifs (C(OH)–C–C–N with tert-alkyl or cyclic N) is 1. The summed E-state index contributed by atoms with van der Waals surface area (Å²) in [5.74, 6) is -0.234. The van der Waals surface area contributed by atoms with E-state index in [0.717, 1.165) is 0 Å². The molecule has 22 heavy (non-hydrogen) atoms. The summed E-state index contributed by atoms with van der Waals surface area (Å²) in [5, 5.41) is 15.8. The van der Waals surface area contributed by atoms with Crippen LogP contribution in [0.4, 0.5) is 13.2 Å². The fraction of sp³-hybridized carbons (Fsp3) is 0.692. The number of rotatable bonds is 4. The number of aliphatic hydroxyl groups excluding tert-OH is 1. The van der Waals surface area contributed by atoms with Crippen molar-refractivity contribution < 1.29 is 23.1 Å². The highest BCUT2D eigenvalue weighted by Crippen LogP contribution is 2.22. The minimum Gasteiger partial charge on any atom is -0.382 e. The predicted octanol–water partition coefficient (Wildman–Crippen LogP) is 0.537. The van der Waals surface area contributed by atoms with Crippen LogP contribution in [0.3, 0.4) is 0 Å². The molecule has 124 valence electrons. The number of carbonyl (C=O) groups excluding carboxylic acids is 1. The number of aliphatic hydroxyl groups is 1. The van der Waals surface area contributed by atoms with Crippen LogP contribution in [0.25, 0.3) is 0 Å². The number of hydrogen-bond donors (Lipinski definition) is 2. The SMILES string of the molecule is Cn1cc(C(=O)NC2CCN(C[C@H](O)C(F)(F)F)CC2)cn1. The summed E-state index contributed by atoms with van der Waals surface area (Å²) in [6.07, 6.45) is -2.75. The van der Waals surface area contributed by atoms with Crippen LogP contribution >= 0.6 is 0 Å². The number of alkyl halides is 3. The average Bonchev–Trinajstić information content (AvgIpc) is 2.86. The Labute approximate surface area is 125 Å². The van der Waals surface area contributed by atoms with Gasteiger partial charge in [-0.25, -0.2) is 0 Å². The molecule has 0 saturated carbocycles. The number of aryl methyl sites for hydroxylation is 1. The van der Waals surface area contributed by atoms with Crippen molar-refractivity contribution in [3.8, 4) is 0 Å². The molecule has 1 amide bonds. The van der Waals surface area contributed by atoms with Crippen LogP contribution in [0, 0.1) is 0 Å². The molecule has 1 aromatic heterocycles. The van der Waals surface area contributed by atoms with Gasteiger partial charge in [-0.2, -0.15) is 18.3 Å². The molecule has 0 bridgehead atoms. The Bertz CT molecular complexity index is 510. The number of piperidine rings is 1. The lowest BCUT2D eigenvalue weighted by atomic mass is 10.0. The van der Waals surface area contributed by atoms with Gasteiger partial charge < -0.3 is 15.3 Å². The van der Waals surface area contributed by atoms with Crippen LogP contribution in [-0.4, -0.2) is 63.7 Å². The first-order valence-electron chi connectivity index (χ1n) is 7.02. The van der Waals surface area contributed by atoms with Gasteiger partial charge in [0.2, 0.25) is 0 Å². The standard InChI is InChI=1S/C13H19F3N4O2/c1-19-7-9(6-17-19)12(22)18-10-2-4-20(5-3-10)8-11(21)13(14,15)16/h6-7,10-11,21H,2-5,8H2,1H3,(H,18,22)/t11-/m0/s1. The molecule has 9 heteroatoms. The quantitative estimate of drug-likeness (QED) is 0.849. The van der Waals surface area contributed by atoms with Crippen LogP contribution in [0.2, 0.25) is 0 Å². The molecule has 0 unspecified atom stereocenters. The Morgan fingerprint density at radius 2 is 2.14 bits per heavy atom. The molecular weight excluding hydrogens is 301 g/mol. The number of likely N-dealkylation sites (tertiary alicyclic amines) is 1. The lowest BCUT2D eigenvalue weighted by molar-refractivity contribution is -0.208. The Balaban J connectivity index is 1.76. The molecule has 1 saturated heterocycles. The Morgan fingerprint density at radius 1 is 1.50 bits per heavy atom. The maximum atomic E-state index is 12.3. The first-order valence-corrected chi connectivity index (χ1v) is 7.02. The van der Waals surface area contributed by atoms with Crippen LogP contribution in [0.15, 0.2) is 12.4 Å². The van der Waals surface area contributed by atoms with Crippen LogP contribution in [-0.2, 0) is 7.05 Å². The zero-order valence-electron chi connectivity index (χ0n) is 12.2. The Kier molecular flexibility index (Phi) is 5.07. The van der Waals surface area contributed by atoms with E-state index in [4.69, 9.17) is 5.11 Å². The minimum atomic E-state index is -4.59. The third-order valence-electron chi connectivity index (χ3n) is 3.70. The van der Waals surface area contributed by atoms with E-state index in [0.29, 0.717) is 31.5 Å². The van der Waals surface area contributed by atoms with Gasteiger partial charge in [-0.1, -0.05) is 0 Å². The van der Waals surface area contributed by atoms with Gasteiger partial charge in [0.15, 0.2) is 6.10 Å². The summed E-state index contributed by atoms with van der Waals surface area (Å²) in [4.78, 5) is 13.5. The molecular formula is C13H19F3N4O2. The number of aromatic nitrogens is 2. The Hall–Kier alpha value is -1.61. The van der Waals surface area contributed by atoms with E-state index < -0.39 is 18.8 Å². The molecule has 0 spiro atoms. The molecule has 1 aliphatic rings. The highest BCUT2D eigenvalue weighted by molar-refractivity contribution is 5.93. The largest absolute Gasteiger partial charge is 0.415 e. The van der Waals surface area contributed by atoms with Crippen molar-refractivity contribution in [2.75, 3.05) is 19.6 Å². The molecule has 1 aromatic rings. The van der Waals surface area contributed by atoms with E-state index in [1.807, 2.05) is 0 Å². The molecule has 2 N–H and O–H groups in total. The number of carbonyl (C=O) groups is 1. The predicted molar refractivity (Wildman–Crippen MR) is 72.2 cm³/mol. The van der Waals surface area contributed by atoms with Crippen molar-refractivity contribution in [3.05, 3.63) is 18.0 Å². The van der Waals surface area contributed by atoms with E-state index in [-0.39, 0.29) is 11.9 Å². The van der Waals surface area contributed by atoms with Gasteiger partial charge in [0.05, 0.1) is 11.8 Å². The smallest absolute Gasteiger partial charge is 0.382 e. The van der Waals surface area contributed by atoms with E-state index in [9.17, 15) is 18.0 Å². The number of amides is 1. The van der Waals surface area contributed by atoms with Crippen molar-refractivity contribution in [3.63, 3.8) is 0 Å². The third-order valence-corrected chi connectivity index (χ3v) is 3.70. The second-order valence-electron chi connectivity index (χ2n) is 5.51. The summed E-state index contributed by atoms with van der Waals surface area (Å²) in [5.41, 5.74) is 0.456. The van der Waals surface area contributed by atoms with Gasteiger partial charge in [0.25, 0.3) is 5.91 Å². The van der Waals surface area contributed by atoms with E-state index in [1.165, 1.54) is 10.9 Å². The fourth-order valence-corrected chi connectivity index (χ4v) is 2.42. The first kappa shape index (κ1) is 16.8. The van der Waals surface area contributed by atoms with Crippen LogP contribution in [0.1, 0.15) is 23.2 Å². The number of halogens is 3. The van der Waals surface area contributed by atoms with E-state index in [1.54, 1.807) is 18.1 Å². The van der Waals surface area contributed by atoms with Gasteiger partial charge in [-0.05, 0) is 12.8 Å². The van der Waals surface area contributed by atoms with Gasteiger partial charge in [0.1, 0.15) is 0 Å². The maximum absolute atomic E-state index is 12.3. The number of nitrogens with one attached hydrogen (secondary N) is 1. The van der Waals surface area contributed by atoms with Crippen LogP contribution < -0.4 is 5.32 Å². The average molecular weight is 320 g/mol. The lowest BCUT2D eigenvalue weighted by Gasteiger charge is -2.33. The van der Waals surface area contributed by atoms with Gasteiger partial charge >= 0.3 is 6.18 Å². The zero-order valence-corrected chi connectivity index (χ0v) is 12.2. The van der Waals surface area contributed by atoms with Gasteiger partial charge in [0, 0.05) is 38.9 Å². The van der Waals surface area contributed by atoms with Crippen molar-refractivity contribution in [1.82, 2.24) is 20.0 Å². The number of hydrogen-bond acceptors (Lipinski definition) is 4. The molecule has 0 aliphatic carbocycles. The maximum Gasteiger partial charge on any atom is 0.415 e.